The molecular weight excluding hydrogens is 306 g/mol. The standard InChI is InChI=1S/C16H19N7O/c1-22-16-13(10-21-22)15(19-11-20-16)18-9-12-2-3-14(17-8-12)23-4-6-24-7-5-23/h2-3,8,10-11H,4-7,9H2,1H3,(H,18,19,20). The Bertz CT molecular complexity index is 824. The summed E-state index contributed by atoms with van der Waals surface area (Å²) >= 11 is 0. The monoisotopic (exact) mass is 325 g/mol. The van der Waals surface area contributed by atoms with Gasteiger partial charge >= 0.3 is 0 Å². The fourth-order valence-corrected chi connectivity index (χ4v) is 2.79. The van der Waals surface area contributed by atoms with Gasteiger partial charge in [-0.25, -0.2) is 15.0 Å². The minimum Gasteiger partial charge on any atom is -0.378 e. The number of ether oxygens (including phenoxy) is 1. The smallest absolute Gasteiger partial charge is 0.163 e. The molecule has 0 saturated carbocycles. The van der Waals surface area contributed by atoms with Crippen molar-refractivity contribution in [3.05, 3.63) is 36.4 Å². The molecule has 3 aromatic heterocycles. The number of morpholine rings is 1. The summed E-state index contributed by atoms with van der Waals surface area (Å²) in [5.74, 6) is 1.78. The second-order valence-electron chi connectivity index (χ2n) is 5.71. The molecule has 4 heterocycles. The molecule has 0 radical (unpaired) electrons. The van der Waals surface area contributed by atoms with E-state index in [0.717, 1.165) is 54.5 Å². The summed E-state index contributed by atoms with van der Waals surface area (Å²) in [5, 5.41) is 8.47. The fraction of sp³-hybridized carbons (Fsp3) is 0.375. The second kappa shape index (κ2) is 6.40. The number of hydrogen-bond donors (Lipinski definition) is 1. The molecule has 124 valence electrons. The minimum absolute atomic E-state index is 0.650. The van der Waals surface area contributed by atoms with Gasteiger partial charge in [-0.05, 0) is 11.6 Å². The molecule has 3 aromatic rings. The highest BCUT2D eigenvalue weighted by Crippen LogP contribution is 2.19. The van der Waals surface area contributed by atoms with E-state index in [1.165, 1.54) is 0 Å². The highest BCUT2D eigenvalue weighted by molar-refractivity contribution is 5.85. The molecule has 0 amide bonds. The number of hydrogen-bond acceptors (Lipinski definition) is 7. The van der Waals surface area contributed by atoms with Crippen molar-refractivity contribution in [2.24, 2.45) is 7.05 Å². The quantitative estimate of drug-likeness (QED) is 0.772. The van der Waals surface area contributed by atoms with Crippen molar-refractivity contribution in [3.8, 4) is 0 Å². The van der Waals surface area contributed by atoms with Gasteiger partial charge < -0.3 is 15.0 Å². The molecule has 1 aliphatic heterocycles. The number of pyridine rings is 1. The van der Waals surface area contributed by atoms with Crippen LogP contribution in [-0.4, -0.2) is 51.0 Å². The zero-order valence-corrected chi connectivity index (χ0v) is 13.5. The molecule has 0 aliphatic carbocycles. The SMILES string of the molecule is Cn1ncc2c(NCc3ccc(N4CCOCC4)nc3)ncnc21. The Labute approximate surface area is 139 Å². The van der Waals surface area contributed by atoms with E-state index in [4.69, 9.17) is 4.74 Å². The Morgan fingerprint density at radius 2 is 2.00 bits per heavy atom. The third-order valence-electron chi connectivity index (χ3n) is 4.13. The molecular formula is C16H19N7O. The number of aryl methyl sites for hydroxylation is 1. The topological polar surface area (TPSA) is 81.0 Å². The molecule has 0 aromatic carbocycles. The fourth-order valence-electron chi connectivity index (χ4n) is 2.79. The van der Waals surface area contributed by atoms with Gasteiger partial charge in [0.25, 0.3) is 0 Å². The molecule has 4 rings (SSSR count). The van der Waals surface area contributed by atoms with Crippen LogP contribution in [0.4, 0.5) is 11.6 Å². The van der Waals surface area contributed by atoms with Gasteiger partial charge in [0, 0.05) is 32.9 Å². The van der Waals surface area contributed by atoms with Crippen LogP contribution in [0.25, 0.3) is 11.0 Å². The predicted octanol–water partition coefficient (Wildman–Crippen LogP) is 1.21. The molecule has 1 aliphatic rings. The van der Waals surface area contributed by atoms with E-state index < -0.39 is 0 Å². The lowest BCUT2D eigenvalue weighted by molar-refractivity contribution is 0.122. The Morgan fingerprint density at radius 3 is 2.79 bits per heavy atom. The highest BCUT2D eigenvalue weighted by atomic mass is 16.5. The maximum absolute atomic E-state index is 5.37. The predicted molar refractivity (Wildman–Crippen MR) is 90.9 cm³/mol. The van der Waals surface area contributed by atoms with Gasteiger partial charge in [0.15, 0.2) is 5.65 Å². The first-order chi connectivity index (χ1) is 11.8. The lowest BCUT2D eigenvalue weighted by Crippen LogP contribution is -2.36. The van der Waals surface area contributed by atoms with Gasteiger partial charge in [0.2, 0.25) is 0 Å². The van der Waals surface area contributed by atoms with Crippen LogP contribution in [0.15, 0.2) is 30.9 Å². The minimum atomic E-state index is 0.650. The van der Waals surface area contributed by atoms with Gasteiger partial charge in [-0.15, -0.1) is 0 Å². The van der Waals surface area contributed by atoms with Crippen LogP contribution >= 0.6 is 0 Å². The number of nitrogens with zero attached hydrogens (tertiary/aromatic N) is 6. The van der Waals surface area contributed by atoms with E-state index in [-0.39, 0.29) is 0 Å². The third kappa shape index (κ3) is 2.88. The van der Waals surface area contributed by atoms with Crippen molar-refractivity contribution in [1.82, 2.24) is 24.7 Å². The number of rotatable bonds is 4. The van der Waals surface area contributed by atoms with E-state index in [1.54, 1.807) is 17.2 Å². The molecule has 1 fully saturated rings. The molecule has 24 heavy (non-hydrogen) atoms. The maximum Gasteiger partial charge on any atom is 0.163 e. The third-order valence-corrected chi connectivity index (χ3v) is 4.13. The Kier molecular flexibility index (Phi) is 3.96. The normalized spacial score (nSPS) is 15.0. The summed E-state index contributed by atoms with van der Waals surface area (Å²) < 4.78 is 7.11. The number of fused-ring (bicyclic) bond motifs is 1. The first-order valence-electron chi connectivity index (χ1n) is 7.95. The Morgan fingerprint density at radius 1 is 1.12 bits per heavy atom. The Hall–Kier alpha value is -2.74. The zero-order valence-electron chi connectivity index (χ0n) is 13.5. The van der Waals surface area contributed by atoms with Crippen molar-refractivity contribution in [3.63, 3.8) is 0 Å². The summed E-state index contributed by atoms with van der Waals surface area (Å²) in [7, 11) is 1.87. The summed E-state index contributed by atoms with van der Waals surface area (Å²) in [6, 6.07) is 4.15. The van der Waals surface area contributed by atoms with Crippen molar-refractivity contribution in [2.45, 2.75) is 6.54 Å². The van der Waals surface area contributed by atoms with Crippen LogP contribution in [0, 0.1) is 0 Å². The summed E-state index contributed by atoms with van der Waals surface area (Å²) in [6.07, 6.45) is 5.23. The average Bonchev–Trinajstić information content (AvgIpc) is 3.03. The lowest BCUT2D eigenvalue weighted by Gasteiger charge is -2.27. The number of aromatic nitrogens is 5. The van der Waals surface area contributed by atoms with E-state index >= 15 is 0 Å². The van der Waals surface area contributed by atoms with Gasteiger partial charge in [0.1, 0.15) is 18.0 Å². The van der Waals surface area contributed by atoms with Gasteiger partial charge in [-0.3, -0.25) is 4.68 Å². The summed E-state index contributed by atoms with van der Waals surface area (Å²) in [5.41, 5.74) is 1.91. The van der Waals surface area contributed by atoms with Crippen LogP contribution < -0.4 is 10.2 Å². The lowest BCUT2D eigenvalue weighted by atomic mass is 10.2. The summed E-state index contributed by atoms with van der Waals surface area (Å²) in [6.45, 7) is 3.96. The molecule has 1 N–H and O–H groups in total. The van der Waals surface area contributed by atoms with Gasteiger partial charge in [-0.2, -0.15) is 5.10 Å². The maximum atomic E-state index is 5.37. The largest absolute Gasteiger partial charge is 0.378 e. The van der Waals surface area contributed by atoms with E-state index in [9.17, 15) is 0 Å². The highest BCUT2D eigenvalue weighted by Gasteiger charge is 2.12. The molecule has 8 nitrogen and oxygen atoms in total. The van der Waals surface area contributed by atoms with Crippen LogP contribution in [0.5, 0.6) is 0 Å². The van der Waals surface area contributed by atoms with Crippen molar-refractivity contribution in [1.29, 1.82) is 0 Å². The molecule has 0 spiro atoms. The molecule has 8 heteroatoms. The Balaban J connectivity index is 1.45. The van der Waals surface area contributed by atoms with Gasteiger partial charge in [0.05, 0.1) is 24.8 Å². The zero-order chi connectivity index (χ0) is 16.4. The molecule has 0 atom stereocenters. The molecule has 0 unspecified atom stereocenters. The number of anilines is 2. The average molecular weight is 325 g/mol. The van der Waals surface area contributed by atoms with Crippen LogP contribution in [-0.2, 0) is 18.3 Å². The van der Waals surface area contributed by atoms with Crippen molar-refractivity contribution in [2.75, 3.05) is 36.5 Å². The number of nitrogens with one attached hydrogen (secondary N) is 1. The first kappa shape index (κ1) is 14.8. The van der Waals surface area contributed by atoms with E-state index in [2.05, 4.69) is 42.4 Å². The van der Waals surface area contributed by atoms with Crippen LogP contribution in [0.3, 0.4) is 0 Å². The van der Waals surface area contributed by atoms with Gasteiger partial charge in [-0.1, -0.05) is 6.07 Å². The van der Waals surface area contributed by atoms with Crippen molar-refractivity contribution >= 4 is 22.7 Å². The first-order valence-corrected chi connectivity index (χ1v) is 7.95. The van der Waals surface area contributed by atoms with E-state index in [1.807, 2.05) is 13.2 Å². The van der Waals surface area contributed by atoms with Crippen LogP contribution in [0.1, 0.15) is 5.56 Å². The van der Waals surface area contributed by atoms with Crippen molar-refractivity contribution < 1.29 is 4.74 Å². The van der Waals surface area contributed by atoms with E-state index in [0.29, 0.717) is 6.54 Å². The van der Waals surface area contributed by atoms with Crippen LogP contribution in [0.2, 0.25) is 0 Å². The molecule has 1 saturated heterocycles. The molecule has 0 bridgehead atoms. The second-order valence-corrected chi connectivity index (χ2v) is 5.71. The summed E-state index contributed by atoms with van der Waals surface area (Å²) in [4.78, 5) is 15.4.